The summed E-state index contributed by atoms with van der Waals surface area (Å²) in [4.78, 5) is 17.8. The fourth-order valence-corrected chi connectivity index (χ4v) is 4.30. The van der Waals surface area contributed by atoms with Gasteiger partial charge < -0.3 is 4.74 Å². The second kappa shape index (κ2) is 8.27. The first-order valence-electron chi connectivity index (χ1n) is 10.9. The molecule has 3 aromatic heterocycles. The molecule has 1 unspecified atom stereocenters. The smallest absolute Gasteiger partial charge is 0.277 e. The molecule has 164 valence electrons. The van der Waals surface area contributed by atoms with Crippen molar-refractivity contribution in [1.82, 2.24) is 29.8 Å². The van der Waals surface area contributed by atoms with Crippen LogP contribution in [-0.2, 0) is 24.8 Å². The molecule has 1 atom stereocenters. The van der Waals surface area contributed by atoms with Crippen molar-refractivity contribution < 1.29 is 4.74 Å². The van der Waals surface area contributed by atoms with Gasteiger partial charge in [-0.05, 0) is 67.5 Å². The Hall–Kier alpha value is -3.39. The lowest BCUT2D eigenvalue weighted by molar-refractivity contribution is 0.0920. The predicted molar refractivity (Wildman–Crippen MR) is 121 cm³/mol. The molecular formula is C24H26N6O2. The summed E-state index contributed by atoms with van der Waals surface area (Å²) in [5, 5.41) is 13.4. The normalized spacial score (nSPS) is 16.2. The van der Waals surface area contributed by atoms with Crippen molar-refractivity contribution in [2.45, 2.75) is 45.8 Å². The van der Waals surface area contributed by atoms with Crippen LogP contribution in [0, 0.1) is 13.8 Å². The maximum absolute atomic E-state index is 13.2. The van der Waals surface area contributed by atoms with E-state index in [1.807, 2.05) is 44.7 Å². The van der Waals surface area contributed by atoms with Gasteiger partial charge in [0.05, 0.1) is 29.9 Å². The van der Waals surface area contributed by atoms with Gasteiger partial charge in [0.1, 0.15) is 5.52 Å². The highest BCUT2D eigenvalue weighted by Gasteiger charge is 2.19. The summed E-state index contributed by atoms with van der Waals surface area (Å²) in [5.41, 5.74) is 6.74. The number of hydrogen-bond acceptors (Lipinski definition) is 6. The van der Waals surface area contributed by atoms with Crippen molar-refractivity contribution >= 4 is 10.9 Å². The molecule has 4 aromatic rings. The second-order valence-electron chi connectivity index (χ2n) is 8.52. The van der Waals surface area contributed by atoms with Crippen LogP contribution in [0.25, 0.3) is 22.2 Å². The van der Waals surface area contributed by atoms with Crippen LogP contribution in [0.3, 0.4) is 0 Å². The van der Waals surface area contributed by atoms with Gasteiger partial charge in [0.25, 0.3) is 5.56 Å². The van der Waals surface area contributed by atoms with Crippen LogP contribution < -0.4 is 5.56 Å². The van der Waals surface area contributed by atoms with Crippen LogP contribution in [0.5, 0.6) is 0 Å². The lowest BCUT2D eigenvalue weighted by atomic mass is 9.95. The minimum atomic E-state index is -0.111. The minimum Gasteiger partial charge on any atom is -0.376 e. The second-order valence-corrected chi connectivity index (χ2v) is 8.52. The number of hydrogen-bond donors (Lipinski definition) is 0. The van der Waals surface area contributed by atoms with E-state index in [9.17, 15) is 4.79 Å². The van der Waals surface area contributed by atoms with E-state index in [1.54, 1.807) is 4.68 Å². The number of pyridine rings is 1. The average molecular weight is 431 g/mol. The van der Waals surface area contributed by atoms with E-state index < -0.39 is 0 Å². The molecule has 1 aliphatic rings. The molecule has 1 fully saturated rings. The SMILES string of the molecule is Cc1c(Cc2ccc(-c3cnn(C)c3)nc2)cc2c(=O)n(CC3CCCO3)nnc2c1C. The van der Waals surface area contributed by atoms with Crippen molar-refractivity contribution in [3.63, 3.8) is 0 Å². The number of benzene rings is 1. The van der Waals surface area contributed by atoms with Gasteiger partial charge in [-0.1, -0.05) is 11.3 Å². The average Bonchev–Trinajstić information content (AvgIpc) is 3.46. The molecule has 0 amide bonds. The molecule has 0 saturated carbocycles. The van der Waals surface area contributed by atoms with Gasteiger partial charge >= 0.3 is 0 Å². The Morgan fingerprint density at radius 1 is 1.19 bits per heavy atom. The molecule has 0 aliphatic carbocycles. The molecule has 5 rings (SSSR count). The number of aromatic nitrogens is 6. The molecule has 0 radical (unpaired) electrons. The Bertz CT molecular complexity index is 1330. The monoisotopic (exact) mass is 430 g/mol. The standard InChI is InChI=1S/C24H26N6O2/c1-15-16(2)23-21(24(31)30(28-27-23)14-20-5-4-8-32-20)10-18(15)9-17-6-7-22(25-11-17)19-12-26-29(3)13-19/h6-7,10-13,20H,4-5,8-9,14H2,1-3H3. The summed E-state index contributed by atoms with van der Waals surface area (Å²) < 4.78 is 8.88. The maximum atomic E-state index is 13.2. The summed E-state index contributed by atoms with van der Waals surface area (Å²) in [5.74, 6) is 0. The number of rotatable bonds is 5. The highest BCUT2D eigenvalue weighted by Crippen LogP contribution is 2.24. The van der Waals surface area contributed by atoms with Gasteiger partial charge in [0, 0.05) is 31.6 Å². The Morgan fingerprint density at radius 2 is 2.06 bits per heavy atom. The van der Waals surface area contributed by atoms with E-state index in [0.29, 0.717) is 23.9 Å². The van der Waals surface area contributed by atoms with Gasteiger partial charge in [-0.25, -0.2) is 4.68 Å². The number of nitrogens with zero attached hydrogens (tertiary/aromatic N) is 6. The zero-order chi connectivity index (χ0) is 22.2. The third-order valence-electron chi connectivity index (χ3n) is 6.31. The van der Waals surface area contributed by atoms with E-state index in [-0.39, 0.29) is 11.7 Å². The van der Waals surface area contributed by atoms with E-state index >= 15 is 0 Å². The Kier molecular flexibility index (Phi) is 5.30. The number of ether oxygens (including phenoxy) is 1. The first kappa shape index (κ1) is 20.5. The van der Waals surface area contributed by atoms with Gasteiger partial charge in [-0.3, -0.25) is 14.5 Å². The van der Waals surface area contributed by atoms with Crippen LogP contribution in [0.15, 0.2) is 41.6 Å². The molecule has 8 nitrogen and oxygen atoms in total. The molecule has 1 aromatic carbocycles. The first-order chi connectivity index (χ1) is 15.5. The van der Waals surface area contributed by atoms with Crippen molar-refractivity contribution in [2.24, 2.45) is 7.05 Å². The highest BCUT2D eigenvalue weighted by molar-refractivity contribution is 5.82. The van der Waals surface area contributed by atoms with Crippen LogP contribution in [0.2, 0.25) is 0 Å². The largest absolute Gasteiger partial charge is 0.376 e. The van der Waals surface area contributed by atoms with Gasteiger partial charge in [-0.15, -0.1) is 5.10 Å². The summed E-state index contributed by atoms with van der Waals surface area (Å²) in [6, 6.07) is 6.06. The molecule has 8 heteroatoms. The lowest BCUT2D eigenvalue weighted by Gasteiger charge is -2.14. The van der Waals surface area contributed by atoms with Crippen LogP contribution in [0.4, 0.5) is 0 Å². The van der Waals surface area contributed by atoms with E-state index in [4.69, 9.17) is 4.74 Å². The molecular weight excluding hydrogens is 404 g/mol. The summed E-state index contributed by atoms with van der Waals surface area (Å²) in [6.07, 6.45) is 8.35. The van der Waals surface area contributed by atoms with Crippen molar-refractivity contribution in [2.75, 3.05) is 6.61 Å². The number of aryl methyl sites for hydroxylation is 2. The van der Waals surface area contributed by atoms with Crippen molar-refractivity contribution in [1.29, 1.82) is 0 Å². The Balaban J connectivity index is 1.47. The van der Waals surface area contributed by atoms with Crippen LogP contribution in [0.1, 0.15) is 35.1 Å². The van der Waals surface area contributed by atoms with Crippen LogP contribution >= 0.6 is 0 Å². The fourth-order valence-electron chi connectivity index (χ4n) is 4.30. The molecule has 0 bridgehead atoms. The predicted octanol–water partition coefficient (Wildman–Crippen LogP) is 2.97. The minimum absolute atomic E-state index is 0.0369. The Morgan fingerprint density at radius 3 is 2.75 bits per heavy atom. The third-order valence-corrected chi connectivity index (χ3v) is 6.31. The molecule has 32 heavy (non-hydrogen) atoms. The highest BCUT2D eigenvalue weighted by atomic mass is 16.5. The third kappa shape index (κ3) is 3.82. The summed E-state index contributed by atoms with van der Waals surface area (Å²) >= 11 is 0. The molecule has 1 saturated heterocycles. The molecule has 0 spiro atoms. The lowest BCUT2D eigenvalue weighted by Crippen LogP contribution is -2.30. The quantitative estimate of drug-likeness (QED) is 0.484. The van der Waals surface area contributed by atoms with Gasteiger partial charge in [0.2, 0.25) is 0 Å². The maximum Gasteiger partial charge on any atom is 0.277 e. The molecule has 0 N–H and O–H groups in total. The molecule has 4 heterocycles. The van der Waals surface area contributed by atoms with Gasteiger partial charge in [0.15, 0.2) is 0 Å². The first-order valence-corrected chi connectivity index (χ1v) is 10.9. The Labute approximate surface area is 185 Å². The van der Waals surface area contributed by atoms with Crippen molar-refractivity contribution in [3.05, 3.63) is 69.4 Å². The van der Waals surface area contributed by atoms with Crippen molar-refractivity contribution in [3.8, 4) is 11.3 Å². The fraction of sp³-hybridized carbons (Fsp3) is 0.375. The summed E-state index contributed by atoms with van der Waals surface area (Å²) in [6.45, 7) is 5.27. The molecule has 1 aliphatic heterocycles. The topological polar surface area (TPSA) is 87.7 Å². The zero-order valence-corrected chi connectivity index (χ0v) is 18.6. The van der Waals surface area contributed by atoms with Gasteiger partial charge in [-0.2, -0.15) is 5.10 Å². The summed E-state index contributed by atoms with van der Waals surface area (Å²) in [7, 11) is 1.89. The zero-order valence-electron chi connectivity index (χ0n) is 18.6. The van der Waals surface area contributed by atoms with E-state index in [1.165, 1.54) is 4.68 Å². The van der Waals surface area contributed by atoms with E-state index in [2.05, 4.69) is 33.4 Å². The van der Waals surface area contributed by atoms with E-state index in [0.717, 1.165) is 53.0 Å². The number of fused-ring (bicyclic) bond motifs is 1. The van der Waals surface area contributed by atoms with Crippen LogP contribution in [-0.4, -0.2) is 42.5 Å².